The van der Waals surface area contributed by atoms with Gasteiger partial charge in [0.15, 0.2) is 0 Å². The van der Waals surface area contributed by atoms with E-state index < -0.39 is 11.7 Å². The fraction of sp³-hybridized carbons (Fsp3) is 0.407. The van der Waals surface area contributed by atoms with Crippen molar-refractivity contribution in [2.24, 2.45) is 0 Å². The summed E-state index contributed by atoms with van der Waals surface area (Å²) >= 11 is 0. The molecule has 1 unspecified atom stereocenters. The van der Waals surface area contributed by atoms with Crippen molar-refractivity contribution in [1.29, 1.82) is 0 Å². The number of aromatic amines is 1. The number of nitrogens with one attached hydrogen (secondary N) is 1. The zero-order chi connectivity index (χ0) is 24.7. The highest BCUT2D eigenvalue weighted by atomic mass is 19.1. The fourth-order valence-electron chi connectivity index (χ4n) is 5.34. The van der Waals surface area contributed by atoms with Gasteiger partial charge in [0.2, 0.25) is 0 Å². The third kappa shape index (κ3) is 4.57. The number of benzene rings is 2. The molecule has 3 atom stereocenters. The maximum atomic E-state index is 13.8. The van der Waals surface area contributed by atoms with Crippen LogP contribution in [-0.2, 0) is 16.1 Å². The number of aromatic nitrogens is 1. The van der Waals surface area contributed by atoms with Crippen molar-refractivity contribution in [1.82, 2.24) is 14.8 Å². The predicted molar refractivity (Wildman–Crippen MR) is 129 cm³/mol. The number of carbonyl (C=O) groups excluding carboxylic acids is 2. The standard InChI is InChI=1S/C27H30FN3O4/c1-27(2,3)35-26(33)30-12-11-23-24(30)21(20-14-29-22-13-18(28)9-10-19(20)22)15-31(23)25(32)34-16-17-7-5-4-6-8-17/h4-10,13-14,21,23-24,29H,11-12,15-16H2,1-3H3/t21-,23-,24?/m1/s1. The fourth-order valence-corrected chi connectivity index (χ4v) is 5.34. The minimum atomic E-state index is -0.629. The zero-order valence-corrected chi connectivity index (χ0v) is 20.2. The number of H-pyrrole nitrogens is 1. The first-order valence-electron chi connectivity index (χ1n) is 11.9. The van der Waals surface area contributed by atoms with Crippen molar-refractivity contribution in [3.8, 4) is 0 Å². The molecule has 3 heterocycles. The van der Waals surface area contributed by atoms with E-state index in [4.69, 9.17) is 9.47 Å². The minimum Gasteiger partial charge on any atom is -0.445 e. The Bertz CT molecular complexity index is 1240. The van der Waals surface area contributed by atoms with Crippen molar-refractivity contribution >= 4 is 23.1 Å². The molecule has 2 aliphatic rings. The predicted octanol–water partition coefficient (Wildman–Crippen LogP) is 5.42. The Hall–Kier alpha value is -3.55. The third-order valence-corrected chi connectivity index (χ3v) is 6.77. The van der Waals surface area contributed by atoms with Crippen LogP contribution in [0.2, 0.25) is 0 Å². The molecule has 184 valence electrons. The van der Waals surface area contributed by atoms with Gasteiger partial charge in [-0.3, -0.25) is 0 Å². The second kappa shape index (κ2) is 8.91. The Kier molecular flexibility index (Phi) is 5.91. The molecular formula is C27H30FN3O4. The number of hydrogen-bond donors (Lipinski definition) is 1. The molecular weight excluding hydrogens is 449 g/mol. The molecule has 1 N–H and O–H groups in total. The number of carbonyl (C=O) groups is 2. The van der Waals surface area contributed by atoms with Crippen molar-refractivity contribution in [2.45, 2.75) is 57.4 Å². The largest absolute Gasteiger partial charge is 0.445 e. The van der Waals surface area contributed by atoms with Gasteiger partial charge in [0, 0.05) is 36.1 Å². The lowest BCUT2D eigenvalue weighted by molar-refractivity contribution is 0.0209. The highest BCUT2D eigenvalue weighted by Crippen LogP contribution is 2.43. The van der Waals surface area contributed by atoms with Gasteiger partial charge in [-0.2, -0.15) is 0 Å². The lowest BCUT2D eigenvalue weighted by Crippen LogP contribution is -2.44. The van der Waals surface area contributed by atoms with Gasteiger partial charge < -0.3 is 24.3 Å². The van der Waals surface area contributed by atoms with E-state index in [9.17, 15) is 14.0 Å². The molecule has 2 aromatic carbocycles. The molecule has 2 amide bonds. The molecule has 3 aromatic rings. The van der Waals surface area contributed by atoms with Crippen LogP contribution in [0.1, 0.15) is 44.2 Å². The van der Waals surface area contributed by atoms with Crippen LogP contribution in [0.25, 0.3) is 10.9 Å². The van der Waals surface area contributed by atoms with E-state index in [-0.39, 0.29) is 36.5 Å². The molecule has 0 spiro atoms. The molecule has 2 fully saturated rings. The monoisotopic (exact) mass is 479 g/mol. The van der Waals surface area contributed by atoms with Gasteiger partial charge in [-0.25, -0.2) is 14.0 Å². The molecule has 2 saturated heterocycles. The summed E-state index contributed by atoms with van der Waals surface area (Å²) in [5.41, 5.74) is 1.91. The number of amides is 2. The molecule has 0 radical (unpaired) electrons. The topological polar surface area (TPSA) is 74.9 Å². The highest BCUT2D eigenvalue weighted by Gasteiger charge is 2.53. The Balaban J connectivity index is 1.44. The average molecular weight is 480 g/mol. The molecule has 5 rings (SSSR count). The summed E-state index contributed by atoms with van der Waals surface area (Å²) in [7, 11) is 0. The van der Waals surface area contributed by atoms with E-state index in [1.54, 1.807) is 15.9 Å². The van der Waals surface area contributed by atoms with E-state index in [2.05, 4.69) is 4.98 Å². The second-order valence-electron chi connectivity index (χ2n) is 10.3. The zero-order valence-electron chi connectivity index (χ0n) is 20.2. The first-order chi connectivity index (χ1) is 16.7. The van der Waals surface area contributed by atoms with Crippen LogP contribution < -0.4 is 0 Å². The molecule has 0 saturated carbocycles. The highest BCUT2D eigenvalue weighted by molar-refractivity contribution is 5.84. The SMILES string of the molecule is CC(C)(C)OC(=O)N1CC[C@@H]2C1[C@@H](c1c[nH]c3cc(F)ccc13)CN2C(=O)OCc1ccccc1. The molecule has 7 nitrogen and oxygen atoms in total. The minimum absolute atomic E-state index is 0.168. The van der Waals surface area contributed by atoms with Crippen LogP contribution >= 0.6 is 0 Å². The quantitative estimate of drug-likeness (QED) is 0.544. The number of nitrogens with zero attached hydrogens (tertiary/aromatic N) is 2. The van der Waals surface area contributed by atoms with Gasteiger partial charge in [0.1, 0.15) is 18.0 Å². The molecule has 0 aliphatic carbocycles. The maximum Gasteiger partial charge on any atom is 0.410 e. The number of halogens is 1. The molecule has 0 bridgehead atoms. The van der Waals surface area contributed by atoms with Gasteiger partial charge in [0.05, 0.1) is 12.1 Å². The van der Waals surface area contributed by atoms with Crippen LogP contribution in [0.4, 0.5) is 14.0 Å². The molecule has 1 aromatic heterocycles. The Morgan fingerprint density at radius 3 is 2.60 bits per heavy atom. The van der Waals surface area contributed by atoms with Crippen LogP contribution in [0, 0.1) is 5.82 Å². The van der Waals surface area contributed by atoms with Crippen molar-refractivity contribution in [3.63, 3.8) is 0 Å². The first kappa shape index (κ1) is 23.2. The first-order valence-corrected chi connectivity index (χ1v) is 11.9. The van der Waals surface area contributed by atoms with Gasteiger partial charge in [0.25, 0.3) is 0 Å². The van der Waals surface area contributed by atoms with Crippen LogP contribution in [0.15, 0.2) is 54.7 Å². The third-order valence-electron chi connectivity index (χ3n) is 6.77. The van der Waals surface area contributed by atoms with E-state index in [0.717, 1.165) is 16.5 Å². The van der Waals surface area contributed by atoms with E-state index in [1.807, 2.05) is 57.3 Å². The number of hydrogen-bond acceptors (Lipinski definition) is 4. The van der Waals surface area contributed by atoms with Crippen molar-refractivity contribution in [3.05, 3.63) is 71.7 Å². The maximum absolute atomic E-state index is 13.8. The Morgan fingerprint density at radius 1 is 1.09 bits per heavy atom. The van der Waals surface area contributed by atoms with Gasteiger partial charge in [-0.15, -0.1) is 0 Å². The normalized spacial score (nSPS) is 21.9. The smallest absolute Gasteiger partial charge is 0.410 e. The van der Waals surface area contributed by atoms with Gasteiger partial charge in [-0.05, 0) is 56.5 Å². The summed E-state index contributed by atoms with van der Waals surface area (Å²) < 4.78 is 25.2. The van der Waals surface area contributed by atoms with Crippen LogP contribution in [-0.4, -0.2) is 57.7 Å². The van der Waals surface area contributed by atoms with Crippen LogP contribution in [0.3, 0.4) is 0 Å². The van der Waals surface area contributed by atoms with Crippen molar-refractivity contribution < 1.29 is 23.5 Å². The summed E-state index contributed by atoms with van der Waals surface area (Å²) in [4.78, 5) is 33.0. The molecule has 35 heavy (non-hydrogen) atoms. The summed E-state index contributed by atoms with van der Waals surface area (Å²) in [6.45, 7) is 6.58. The van der Waals surface area contributed by atoms with E-state index >= 15 is 0 Å². The summed E-state index contributed by atoms with van der Waals surface area (Å²) in [5.74, 6) is -0.490. The Labute approximate surface area is 203 Å². The second-order valence-corrected chi connectivity index (χ2v) is 10.3. The van der Waals surface area contributed by atoms with Crippen molar-refractivity contribution in [2.75, 3.05) is 13.1 Å². The van der Waals surface area contributed by atoms with Gasteiger partial charge in [-0.1, -0.05) is 30.3 Å². The summed E-state index contributed by atoms with van der Waals surface area (Å²) in [6, 6.07) is 13.7. The molecule has 8 heteroatoms. The number of ether oxygens (including phenoxy) is 2. The summed E-state index contributed by atoms with van der Waals surface area (Å²) in [5, 5.41) is 0.880. The van der Waals surface area contributed by atoms with E-state index in [0.29, 0.717) is 25.0 Å². The van der Waals surface area contributed by atoms with Gasteiger partial charge >= 0.3 is 12.2 Å². The lowest BCUT2D eigenvalue weighted by atomic mass is 9.91. The lowest BCUT2D eigenvalue weighted by Gasteiger charge is -2.31. The molecule has 2 aliphatic heterocycles. The number of fused-ring (bicyclic) bond motifs is 2. The Morgan fingerprint density at radius 2 is 1.86 bits per heavy atom. The van der Waals surface area contributed by atoms with E-state index in [1.165, 1.54) is 12.1 Å². The van der Waals surface area contributed by atoms with Crippen LogP contribution in [0.5, 0.6) is 0 Å². The number of rotatable bonds is 3. The average Bonchev–Trinajstić information content (AvgIpc) is 3.50. The summed E-state index contributed by atoms with van der Waals surface area (Å²) in [6.07, 6.45) is 1.71. The number of likely N-dealkylation sites (tertiary alicyclic amines) is 2.